The minimum atomic E-state index is -0.284. The van der Waals surface area contributed by atoms with Gasteiger partial charge in [-0.15, -0.1) is 11.6 Å². The van der Waals surface area contributed by atoms with Crippen molar-refractivity contribution in [2.75, 3.05) is 14.2 Å². The molecule has 21 heavy (non-hydrogen) atoms. The molecule has 0 bridgehead atoms. The highest BCUT2D eigenvalue weighted by atomic mass is 79.9. The van der Waals surface area contributed by atoms with Crippen LogP contribution in [0.15, 0.2) is 40.9 Å². The third-order valence-electron chi connectivity index (χ3n) is 3.46. The van der Waals surface area contributed by atoms with Gasteiger partial charge < -0.3 is 9.47 Å². The van der Waals surface area contributed by atoms with Crippen LogP contribution in [0.25, 0.3) is 0 Å². The quantitative estimate of drug-likeness (QED) is 0.661. The number of hydrogen-bond donors (Lipinski definition) is 0. The molecule has 0 heterocycles. The maximum atomic E-state index is 6.64. The van der Waals surface area contributed by atoms with E-state index in [1.165, 1.54) is 5.56 Å². The summed E-state index contributed by atoms with van der Waals surface area (Å²) in [5.74, 6) is 1.48. The highest BCUT2D eigenvalue weighted by Gasteiger charge is 2.18. The van der Waals surface area contributed by atoms with E-state index in [4.69, 9.17) is 21.1 Å². The van der Waals surface area contributed by atoms with Crippen molar-refractivity contribution in [3.63, 3.8) is 0 Å². The molecule has 0 aromatic heterocycles. The van der Waals surface area contributed by atoms with Crippen molar-refractivity contribution in [1.82, 2.24) is 0 Å². The summed E-state index contributed by atoms with van der Waals surface area (Å²) in [4.78, 5) is 0. The van der Waals surface area contributed by atoms with Crippen molar-refractivity contribution in [2.45, 2.75) is 18.7 Å². The van der Waals surface area contributed by atoms with Crippen molar-refractivity contribution in [3.8, 4) is 11.5 Å². The number of hydrogen-bond acceptors (Lipinski definition) is 2. The lowest BCUT2D eigenvalue weighted by molar-refractivity contribution is 0.397. The molecule has 2 aromatic rings. The van der Waals surface area contributed by atoms with Gasteiger partial charge in [-0.3, -0.25) is 0 Å². The fourth-order valence-electron chi connectivity index (χ4n) is 2.18. The average molecular weight is 370 g/mol. The zero-order valence-electron chi connectivity index (χ0n) is 12.3. The molecular weight excluding hydrogens is 352 g/mol. The topological polar surface area (TPSA) is 18.5 Å². The molecule has 0 N–H and O–H groups in total. The Morgan fingerprint density at radius 2 is 1.67 bits per heavy atom. The average Bonchev–Trinajstić information content (AvgIpc) is 2.54. The van der Waals surface area contributed by atoms with Gasteiger partial charge in [0.1, 0.15) is 11.5 Å². The predicted molar refractivity (Wildman–Crippen MR) is 90.8 cm³/mol. The monoisotopic (exact) mass is 368 g/mol. The molecule has 2 nitrogen and oxygen atoms in total. The van der Waals surface area contributed by atoms with Gasteiger partial charge >= 0.3 is 0 Å². The first-order valence-corrected chi connectivity index (χ1v) is 7.98. The van der Waals surface area contributed by atoms with Crippen LogP contribution in [0.5, 0.6) is 11.5 Å². The molecule has 0 radical (unpaired) electrons. The molecule has 0 aliphatic carbocycles. The summed E-state index contributed by atoms with van der Waals surface area (Å²) < 4.78 is 11.6. The van der Waals surface area contributed by atoms with Crippen molar-refractivity contribution in [3.05, 3.63) is 57.6 Å². The zero-order valence-corrected chi connectivity index (χ0v) is 14.7. The molecule has 4 heteroatoms. The summed E-state index contributed by atoms with van der Waals surface area (Å²) in [7, 11) is 3.27. The van der Waals surface area contributed by atoms with Crippen LogP contribution < -0.4 is 9.47 Å². The van der Waals surface area contributed by atoms with E-state index in [9.17, 15) is 0 Å². The SMILES string of the molecule is CCc1ccc(C(Cl)c2cc(OC)c(Br)cc2OC)cc1. The second kappa shape index (κ2) is 7.19. The maximum absolute atomic E-state index is 6.64. The van der Waals surface area contributed by atoms with Crippen LogP contribution in [0.4, 0.5) is 0 Å². The number of aryl methyl sites for hydroxylation is 1. The van der Waals surface area contributed by atoms with Gasteiger partial charge in [-0.1, -0.05) is 31.2 Å². The number of ether oxygens (including phenoxy) is 2. The van der Waals surface area contributed by atoms with Gasteiger partial charge in [0.05, 0.1) is 24.1 Å². The highest BCUT2D eigenvalue weighted by Crippen LogP contribution is 2.40. The van der Waals surface area contributed by atoms with Crippen LogP contribution >= 0.6 is 27.5 Å². The Bertz CT molecular complexity index is 611. The van der Waals surface area contributed by atoms with E-state index in [-0.39, 0.29) is 5.38 Å². The molecule has 0 fully saturated rings. The Hall–Kier alpha value is -1.19. The fourth-order valence-corrected chi connectivity index (χ4v) is 2.98. The summed E-state index contributed by atoms with van der Waals surface area (Å²) in [6.07, 6.45) is 1.02. The van der Waals surface area contributed by atoms with Gasteiger partial charge in [0.2, 0.25) is 0 Å². The Labute approximate surface area is 139 Å². The Kier molecular flexibility index (Phi) is 5.54. The molecular formula is C17H18BrClO2. The van der Waals surface area contributed by atoms with Crippen LogP contribution in [0, 0.1) is 0 Å². The molecule has 0 aliphatic heterocycles. The number of halogens is 2. The molecule has 2 aromatic carbocycles. The zero-order chi connectivity index (χ0) is 15.4. The molecule has 0 amide bonds. The van der Waals surface area contributed by atoms with E-state index >= 15 is 0 Å². The predicted octanol–water partition coefficient (Wildman–Crippen LogP) is 5.36. The Morgan fingerprint density at radius 1 is 1.05 bits per heavy atom. The number of benzene rings is 2. The van der Waals surface area contributed by atoms with Crippen LogP contribution in [0.2, 0.25) is 0 Å². The van der Waals surface area contributed by atoms with Gasteiger partial charge in [-0.25, -0.2) is 0 Å². The second-order valence-corrected chi connectivity index (χ2v) is 5.98. The van der Waals surface area contributed by atoms with Gasteiger partial charge in [-0.05, 0) is 45.6 Å². The van der Waals surface area contributed by atoms with Gasteiger partial charge in [0.25, 0.3) is 0 Å². The summed E-state index contributed by atoms with van der Waals surface area (Å²) in [6, 6.07) is 12.1. The Morgan fingerprint density at radius 3 is 2.19 bits per heavy atom. The van der Waals surface area contributed by atoms with Crippen molar-refractivity contribution >= 4 is 27.5 Å². The fraction of sp³-hybridized carbons (Fsp3) is 0.294. The molecule has 0 saturated carbocycles. The molecule has 2 rings (SSSR count). The van der Waals surface area contributed by atoms with Crippen LogP contribution in [-0.4, -0.2) is 14.2 Å². The van der Waals surface area contributed by atoms with Gasteiger partial charge in [0.15, 0.2) is 0 Å². The highest BCUT2D eigenvalue weighted by molar-refractivity contribution is 9.10. The van der Waals surface area contributed by atoms with E-state index in [0.717, 1.165) is 33.5 Å². The first-order chi connectivity index (χ1) is 10.1. The first kappa shape index (κ1) is 16.2. The second-order valence-electron chi connectivity index (χ2n) is 4.69. The third kappa shape index (κ3) is 3.53. The van der Waals surface area contributed by atoms with E-state index < -0.39 is 0 Å². The largest absolute Gasteiger partial charge is 0.496 e. The smallest absolute Gasteiger partial charge is 0.133 e. The lowest BCUT2D eigenvalue weighted by Gasteiger charge is -2.17. The van der Waals surface area contributed by atoms with Crippen molar-refractivity contribution in [1.29, 1.82) is 0 Å². The lowest BCUT2D eigenvalue weighted by Crippen LogP contribution is -1.99. The number of methoxy groups -OCH3 is 2. The van der Waals surface area contributed by atoms with Crippen molar-refractivity contribution in [2.24, 2.45) is 0 Å². The summed E-state index contributed by atoms with van der Waals surface area (Å²) in [5.41, 5.74) is 3.22. The molecule has 0 spiro atoms. The minimum Gasteiger partial charge on any atom is -0.496 e. The molecule has 0 aliphatic rings. The molecule has 1 atom stereocenters. The van der Waals surface area contributed by atoms with E-state index in [0.29, 0.717) is 0 Å². The normalized spacial score (nSPS) is 12.0. The molecule has 1 unspecified atom stereocenters. The van der Waals surface area contributed by atoms with E-state index in [1.807, 2.05) is 12.1 Å². The summed E-state index contributed by atoms with van der Waals surface area (Å²) in [6.45, 7) is 2.13. The summed E-state index contributed by atoms with van der Waals surface area (Å²) >= 11 is 10.1. The van der Waals surface area contributed by atoms with Crippen LogP contribution in [-0.2, 0) is 6.42 Å². The minimum absolute atomic E-state index is 0.284. The van der Waals surface area contributed by atoms with E-state index in [1.54, 1.807) is 14.2 Å². The molecule has 112 valence electrons. The Balaban J connectivity index is 2.43. The van der Waals surface area contributed by atoms with E-state index in [2.05, 4.69) is 47.1 Å². The number of alkyl halides is 1. The number of rotatable bonds is 5. The van der Waals surface area contributed by atoms with Crippen LogP contribution in [0.3, 0.4) is 0 Å². The summed E-state index contributed by atoms with van der Waals surface area (Å²) in [5, 5.41) is -0.284. The standard InChI is InChI=1S/C17H18BrClO2/c1-4-11-5-7-12(8-6-11)17(19)13-9-16(21-3)14(18)10-15(13)20-2/h5-10,17H,4H2,1-3H3. The first-order valence-electron chi connectivity index (χ1n) is 6.75. The lowest BCUT2D eigenvalue weighted by atomic mass is 10.0. The maximum Gasteiger partial charge on any atom is 0.133 e. The van der Waals surface area contributed by atoms with Crippen molar-refractivity contribution < 1.29 is 9.47 Å². The van der Waals surface area contributed by atoms with Gasteiger partial charge in [-0.2, -0.15) is 0 Å². The third-order valence-corrected chi connectivity index (χ3v) is 4.56. The van der Waals surface area contributed by atoms with Crippen LogP contribution in [0.1, 0.15) is 29.0 Å². The molecule has 0 saturated heterocycles. The van der Waals surface area contributed by atoms with Gasteiger partial charge in [0, 0.05) is 5.56 Å².